The maximum atomic E-state index is 12.2. The van der Waals surface area contributed by atoms with Crippen molar-refractivity contribution in [2.75, 3.05) is 66.6 Å². The van der Waals surface area contributed by atoms with Crippen molar-refractivity contribution in [3.05, 3.63) is 29.3 Å². The highest BCUT2D eigenvalue weighted by Crippen LogP contribution is 2.27. The van der Waals surface area contributed by atoms with Gasteiger partial charge in [0.05, 0.1) is 20.6 Å². The van der Waals surface area contributed by atoms with E-state index < -0.39 is 0 Å². The second-order valence-corrected chi connectivity index (χ2v) is 9.29. The number of piperazine rings is 1. The molecule has 5 heteroatoms. The Bertz CT molecular complexity index is 649. The van der Waals surface area contributed by atoms with E-state index >= 15 is 0 Å². The smallest absolute Gasteiger partial charge is 0.344 e. The number of nitrogens with zero attached hydrogens (tertiary/aromatic N) is 2. The van der Waals surface area contributed by atoms with Gasteiger partial charge in [-0.25, -0.2) is 4.79 Å². The minimum Gasteiger partial charge on any atom is -0.482 e. The van der Waals surface area contributed by atoms with Crippen LogP contribution in [0.4, 0.5) is 0 Å². The Hall–Kier alpha value is -1.59. The Labute approximate surface area is 171 Å². The molecule has 1 aliphatic rings. The Morgan fingerprint density at radius 2 is 1.68 bits per heavy atom. The van der Waals surface area contributed by atoms with Gasteiger partial charge < -0.3 is 18.4 Å². The lowest BCUT2D eigenvalue weighted by molar-refractivity contribution is -1.02. The summed E-state index contributed by atoms with van der Waals surface area (Å²) in [5.41, 5.74) is 2.25. The summed E-state index contributed by atoms with van der Waals surface area (Å²) < 4.78 is 13.4. The molecule has 0 atom stereocenters. The van der Waals surface area contributed by atoms with Crippen molar-refractivity contribution < 1.29 is 23.2 Å². The lowest BCUT2D eigenvalue weighted by Crippen LogP contribution is -2.64. The van der Waals surface area contributed by atoms with Crippen molar-refractivity contribution in [2.45, 2.75) is 40.0 Å². The Kier molecular flexibility index (Phi) is 7.90. The lowest BCUT2D eigenvalue weighted by Gasteiger charge is -2.46. The first-order valence-electron chi connectivity index (χ1n) is 10.7. The molecule has 28 heavy (non-hydrogen) atoms. The molecule has 0 aromatic heterocycles. The summed E-state index contributed by atoms with van der Waals surface area (Å²) in [7, 11) is 4.64. The molecule has 1 aliphatic heterocycles. The number of quaternary nitrogens is 2. The van der Waals surface area contributed by atoms with E-state index in [-0.39, 0.29) is 12.6 Å². The Balaban J connectivity index is 1.76. The van der Waals surface area contributed by atoms with Crippen LogP contribution in [0.25, 0.3) is 0 Å². The first kappa shape index (κ1) is 22.7. The van der Waals surface area contributed by atoms with E-state index in [1.807, 2.05) is 13.0 Å². The Morgan fingerprint density at radius 1 is 1.07 bits per heavy atom. The molecule has 1 aromatic carbocycles. The minimum atomic E-state index is -0.286. The van der Waals surface area contributed by atoms with Gasteiger partial charge >= 0.3 is 5.97 Å². The van der Waals surface area contributed by atoms with Crippen LogP contribution < -0.4 is 4.74 Å². The average Bonchev–Trinajstić information content (AvgIpc) is 2.63. The zero-order valence-electron chi connectivity index (χ0n) is 18.8. The van der Waals surface area contributed by atoms with E-state index in [1.54, 1.807) is 0 Å². The van der Waals surface area contributed by atoms with E-state index in [4.69, 9.17) is 9.47 Å². The molecule has 0 unspecified atom stereocenters. The van der Waals surface area contributed by atoms with Crippen molar-refractivity contribution in [1.29, 1.82) is 0 Å². The highest BCUT2D eigenvalue weighted by atomic mass is 16.6. The third-order valence-corrected chi connectivity index (χ3v) is 6.15. The fourth-order valence-corrected chi connectivity index (χ4v) is 3.98. The summed E-state index contributed by atoms with van der Waals surface area (Å²) in [6.45, 7) is 15.8. The first-order chi connectivity index (χ1) is 13.2. The average molecular weight is 393 g/mol. The predicted molar refractivity (Wildman–Crippen MR) is 114 cm³/mol. The van der Waals surface area contributed by atoms with Crippen LogP contribution >= 0.6 is 0 Å². The number of hydrogen-bond donors (Lipinski definition) is 0. The highest BCUT2D eigenvalue weighted by molar-refractivity contribution is 5.71. The zero-order chi connectivity index (χ0) is 20.8. The molecular formula is C23H40N2O3+2. The van der Waals surface area contributed by atoms with Gasteiger partial charge in [0.2, 0.25) is 0 Å². The molecule has 1 fully saturated rings. The van der Waals surface area contributed by atoms with Gasteiger partial charge in [-0.15, -0.1) is 0 Å². The van der Waals surface area contributed by atoms with E-state index in [9.17, 15) is 4.79 Å². The van der Waals surface area contributed by atoms with Gasteiger partial charge in [-0.05, 0) is 36.5 Å². The first-order valence-corrected chi connectivity index (χ1v) is 10.7. The summed E-state index contributed by atoms with van der Waals surface area (Å²) in [5, 5.41) is 0. The fourth-order valence-electron chi connectivity index (χ4n) is 3.98. The van der Waals surface area contributed by atoms with Gasteiger partial charge in [0.25, 0.3) is 0 Å². The van der Waals surface area contributed by atoms with Crippen LogP contribution in [0.3, 0.4) is 0 Å². The van der Waals surface area contributed by atoms with Gasteiger partial charge in [-0.1, -0.05) is 32.9 Å². The molecule has 2 rings (SSSR count). The number of benzene rings is 1. The molecule has 0 bridgehead atoms. The summed E-state index contributed by atoms with van der Waals surface area (Å²) >= 11 is 0. The van der Waals surface area contributed by atoms with Crippen molar-refractivity contribution >= 4 is 5.97 Å². The summed E-state index contributed by atoms with van der Waals surface area (Å²) in [4.78, 5) is 12.2. The molecule has 0 radical (unpaired) electrons. The largest absolute Gasteiger partial charge is 0.482 e. The van der Waals surface area contributed by atoms with Gasteiger partial charge in [-0.2, -0.15) is 0 Å². The summed E-state index contributed by atoms with van der Waals surface area (Å²) in [6.07, 6.45) is 1.23. The lowest BCUT2D eigenvalue weighted by atomic mass is 10.0. The third-order valence-electron chi connectivity index (χ3n) is 6.15. The van der Waals surface area contributed by atoms with E-state index in [2.05, 4.69) is 47.0 Å². The van der Waals surface area contributed by atoms with E-state index in [0.717, 1.165) is 41.0 Å². The van der Waals surface area contributed by atoms with Crippen molar-refractivity contribution in [1.82, 2.24) is 0 Å². The fraction of sp³-hybridized carbons (Fsp3) is 0.696. The minimum absolute atomic E-state index is 0.0294. The number of likely N-dealkylation sites (N-methyl/N-ethyl adjacent to an activating group) is 2. The van der Waals surface area contributed by atoms with Crippen molar-refractivity contribution in [3.8, 4) is 5.75 Å². The number of carbonyl (C=O) groups excluding carboxylic acids is 1. The molecule has 1 aromatic rings. The number of esters is 1. The standard InChI is InChI=1S/C23H40N2O3/c1-7-10-24(5)11-13-25(6,14-12-24)15-16-27-23(26)18-28-22-17-20(4)8-9-21(22)19(2)3/h8-9,17,19H,7,10-16,18H2,1-6H3/q+2. The van der Waals surface area contributed by atoms with E-state index in [1.165, 1.54) is 30.5 Å². The maximum Gasteiger partial charge on any atom is 0.344 e. The topological polar surface area (TPSA) is 35.5 Å². The molecule has 0 saturated carbocycles. The van der Waals surface area contributed by atoms with E-state index in [0.29, 0.717) is 12.5 Å². The molecule has 0 spiro atoms. The van der Waals surface area contributed by atoms with Crippen LogP contribution in [0, 0.1) is 6.92 Å². The van der Waals surface area contributed by atoms with Gasteiger partial charge in [0, 0.05) is 0 Å². The SMILES string of the molecule is CCC[N+]1(C)CC[N+](C)(CCOC(=O)COc2cc(C)ccc2C(C)C)CC1. The Morgan fingerprint density at radius 3 is 2.25 bits per heavy atom. The molecule has 0 amide bonds. The van der Waals surface area contributed by atoms with Crippen molar-refractivity contribution in [3.63, 3.8) is 0 Å². The molecule has 5 nitrogen and oxygen atoms in total. The number of ether oxygens (including phenoxy) is 2. The van der Waals surface area contributed by atoms with Crippen molar-refractivity contribution in [2.24, 2.45) is 0 Å². The maximum absolute atomic E-state index is 12.2. The number of hydrogen-bond acceptors (Lipinski definition) is 3. The monoisotopic (exact) mass is 392 g/mol. The second kappa shape index (κ2) is 9.75. The van der Waals surface area contributed by atoms with Gasteiger partial charge in [0.1, 0.15) is 45.1 Å². The quantitative estimate of drug-likeness (QED) is 0.478. The molecule has 0 aliphatic carbocycles. The van der Waals surface area contributed by atoms with Crippen LogP contribution in [0.15, 0.2) is 18.2 Å². The summed E-state index contributed by atoms with van der Waals surface area (Å²) in [5.74, 6) is 0.855. The number of rotatable bonds is 9. The molecule has 0 N–H and O–H groups in total. The van der Waals surface area contributed by atoms with Crippen LogP contribution in [0.5, 0.6) is 5.75 Å². The predicted octanol–water partition coefficient (Wildman–Crippen LogP) is 3.36. The number of carbonyl (C=O) groups is 1. The van der Waals surface area contributed by atoms with Crippen LogP contribution in [0.1, 0.15) is 44.2 Å². The summed E-state index contributed by atoms with van der Waals surface area (Å²) in [6, 6.07) is 6.15. The molecule has 158 valence electrons. The highest BCUT2D eigenvalue weighted by Gasteiger charge is 2.36. The number of aryl methyl sites for hydroxylation is 1. The van der Waals surface area contributed by atoms with Crippen LogP contribution in [-0.4, -0.2) is 81.5 Å². The normalized spacial score (nSPS) is 25.0. The molecule has 1 heterocycles. The third kappa shape index (κ3) is 6.49. The van der Waals surface area contributed by atoms with Gasteiger partial charge in [0.15, 0.2) is 6.61 Å². The molecular weight excluding hydrogens is 352 g/mol. The second-order valence-electron chi connectivity index (χ2n) is 9.29. The van der Waals surface area contributed by atoms with Crippen LogP contribution in [0.2, 0.25) is 0 Å². The van der Waals surface area contributed by atoms with Crippen LogP contribution in [-0.2, 0) is 9.53 Å². The zero-order valence-corrected chi connectivity index (χ0v) is 18.8. The molecule has 1 saturated heterocycles. The van der Waals surface area contributed by atoms with Gasteiger partial charge in [-0.3, -0.25) is 0 Å².